The van der Waals surface area contributed by atoms with E-state index in [1.54, 1.807) is 0 Å². The molecule has 9 aromatic carbocycles. The molecule has 0 amide bonds. The molecule has 56 heavy (non-hydrogen) atoms. The Bertz CT molecular complexity index is 3740. The van der Waals surface area contributed by atoms with Gasteiger partial charge in [-0.2, -0.15) is 0 Å². The zero-order chi connectivity index (χ0) is 36.5. The van der Waals surface area contributed by atoms with E-state index in [4.69, 9.17) is 9.97 Å². The maximum absolute atomic E-state index is 5.57. The average molecular weight is 711 g/mol. The van der Waals surface area contributed by atoms with E-state index in [-0.39, 0.29) is 0 Å². The standard InChI is InChI=1S/C52H30N4/c1-2-12-31(13-3-1)32-24-26-34(27-25-32)49-41-29-28-33-14-4-7-17-37(33)50(41)54-52(53-49)56-44-23-11-22-43-47(44)48-45(56)30-35-15-5-6-16-36(35)46(48)40-20-10-19-39-38-18-8-9-21-42(38)55(43)51(39)40/h1-30H. The predicted octanol–water partition coefficient (Wildman–Crippen LogP) is 13.5. The summed E-state index contributed by atoms with van der Waals surface area (Å²) >= 11 is 0. The number of hydrogen-bond donors (Lipinski definition) is 0. The Hall–Kier alpha value is -7.56. The third-order valence-corrected chi connectivity index (χ3v) is 12.0. The Kier molecular flexibility index (Phi) is 5.86. The van der Waals surface area contributed by atoms with Crippen LogP contribution in [-0.2, 0) is 0 Å². The SMILES string of the molecule is c1ccc(-c2ccc(-c3nc(-n4c5cc6ccccc6c6c7cccc8c9ccccc9n(c9cccc4c9c65)c87)nc4c3ccc3ccccc34)cc2)cc1. The highest BCUT2D eigenvalue weighted by Crippen LogP contribution is 2.46. The minimum atomic E-state index is 0.658. The summed E-state index contributed by atoms with van der Waals surface area (Å²) in [4.78, 5) is 11.1. The fourth-order valence-electron chi connectivity index (χ4n) is 9.64. The molecule has 4 heterocycles. The first kappa shape index (κ1) is 29.8. The van der Waals surface area contributed by atoms with Gasteiger partial charge in [-0.3, -0.25) is 4.57 Å². The van der Waals surface area contributed by atoms with Crippen molar-refractivity contribution in [2.24, 2.45) is 0 Å². The van der Waals surface area contributed by atoms with Crippen LogP contribution in [-0.4, -0.2) is 18.9 Å². The van der Waals surface area contributed by atoms with Gasteiger partial charge in [0.25, 0.3) is 0 Å². The van der Waals surface area contributed by atoms with Crippen molar-refractivity contribution < 1.29 is 0 Å². The van der Waals surface area contributed by atoms with Crippen LogP contribution in [0.5, 0.6) is 0 Å². The molecule has 0 saturated carbocycles. The lowest BCUT2D eigenvalue weighted by molar-refractivity contribution is 1.02. The van der Waals surface area contributed by atoms with Crippen LogP contribution < -0.4 is 0 Å². The lowest BCUT2D eigenvalue weighted by Crippen LogP contribution is -2.04. The average Bonchev–Trinajstić information content (AvgIpc) is 3.74. The lowest BCUT2D eigenvalue weighted by Gasteiger charge is -2.14. The molecule has 0 radical (unpaired) electrons. The first-order valence-electron chi connectivity index (χ1n) is 19.2. The highest BCUT2D eigenvalue weighted by Gasteiger charge is 2.25. The van der Waals surface area contributed by atoms with Gasteiger partial charge in [0.2, 0.25) is 5.95 Å². The first-order chi connectivity index (χ1) is 27.8. The van der Waals surface area contributed by atoms with Crippen molar-refractivity contribution in [2.75, 3.05) is 0 Å². The molecular weight excluding hydrogens is 681 g/mol. The lowest BCUT2D eigenvalue weighted by atomic mass is 9.97. The summed E-state index contributed by atoms with van der Waals surface area (Å²) in [6.07, 6.45) is 0. The zero-order valence-corrected chi connectivity index (χ0v) is 30.1. The summed E-state index contributed by atoms with van der Waals surface area (Å²) in [6, 6.07) is 65.8. The van der Waals surface area contributed by atoms with E-state index in [1.807, 2.05) is 0 Å². The number of aromatic nitrogens is 4. The predicted molar refractivity (Wildman–Crippen MR) is 234 cm³/mol. The highest BCUT2D eigenvalue weighted by atomic mass is 15.2. The van der Waals surface area contributed by atoms with Crippen molar-refractivity contribution in [1.82, 2.24) is 18.9 Å². The van der Waals surface area contributed by atoms with Crippen LogP contribution in [0.2, 0.25) is 0 Å². The molecule has 0 aliphatic heterocycles. The molecule has 258 valence electrons. The van der Waals surface area contributed by atoms with Crippen molar-refractivity contribution in [1.29, 1.82) is 0 Å². The molecule has 4 nitrogen and oxygen atoms in total. The Morgan fingerprint density at radius 2 is 0.982 bits per heavy atom. The Labute approximate surface area is 320 Å². The third-order valence-electron chi connectivity index (χ3n) is 12.0. The fraction of sp³-hybridized carbons (Fsp3) is 0. The van der Waals surface area contributed by atoms with E-state index in [2.05, 4.69) is 191 Å². The monoisotopic (exact) mass is 710 g/mol. The maximum Gasteiger partial charge on any atom is 0.235 e. The molecule has 13 rings (SSSR count). The quantitative estimate of drug-likeness (QED) is 0.171. The molecule has 4 aromatic heterocycles. The molecule has 0 aliphatic rings. The van der Waals surface area contributed by atoms with E-state index in [0.717, 1.165) is 44.0 Å². The first-order valence-corrected chi connectivity index (χ1v) is 19.2. The second-order valence-electron chi connectivity index (χ2n) is 14.9. The Morgan fingerprint density at radius 3 is 1.86 bits per heavy atom. The topological polar surface area (TPSA) is 35.1 Å². The van der Waals surface area contributed by atoms with Crippen molar-refractivity contribution in [3.63, 3.8) is 0 Å². The number of fused-ring (bicyclic) bond motifs is 10. The molecular formula is C52H30N4. The molecule has 4 heteroatoms. The van der Waals surface area contributed by atoms with E-state index >= 15 is 0 Å². The van der Waals surface area contributed by atoms with Gasteiger partial charge in [0.05, 0.1) is 38.8 Å². The molecule has 0 bridgehead atoms. The van der Waals surface area contributed by atoms with Crippen molar-refractivity contribution in [2.45, 2.75) is 0 Å². The summed E-state index contributed by atoms with van der Waals surface area (Å²) in [5.41, 5.74) is 11.1. The molecule has 0 unspecified atom stereocenters. The van der Waals surface area contributed by atoms with E-state index in [1.165, 1.54) is 70.8 Å². The van der Waals surface area contributed by atoms with Crippen LogP contribution in [0.4, 0.5) is 0 Å². The molecule has 0 N–H and O–H groups in total. The van der Waals surface area contributed by atoms with Gasteiger partial charge in [-0.15, -0.1) is 0 Å². The molecule has 13 aromatic rings. The smallest absolute Gasteiger partial charge is 0.235 e. The molecule has 0 saturated heterocycles. The zero-order valence-electron chi connectivity index (χ0n) is 30.1. The van der Waals surface area contributed by atoms with E-state index in [9.17, 15) is 0 Å². The Balaban J connectivity index is 1.22. The summed E-state index contributed by atoms with van der Waals surface area (Å²) < 4.78 is 4.82. The van der Waals surface area contributed by atoms with Gasteiger partial charge < -0.3 is 4.40 Å². The number of benzene rings is 9. The maximum atomic E-state index is 5.57. The van der Waals surface area contributed by atoms with Crippen LogP contribution >= 0.6 is 0 Å². The molecule has 0 aliphatic carbocycles. The van der Waals surface area contributed by atoms with Crippen LogP contribution in [0.1, 0.15) is 0 Å². The van der Waals surface area contributed by atoms with Crippen LogP contribution in [0.25, 0.3) is 121 Å². The van der Waals surface area contributed by atoms with Crippen molar-refractivity contribution in [3.05, 3.63) is 182 Å². The molecule has 0 spiro atoms. The van der Waals surface area contributed by atoms with Gasteiger partial charge in [-0.05, 0) is 57.6 Å². The van der Waals surface area contributed by atoms with E-state index < -0.39 is 0 Å². The second-order valence-corrected chi connectivity index (χ2v) is 14.9. The minimum absolute atomic E-state index is 0.658. The van der Waals surface area contributed by atoms with Crippen molar-refractivity contribution in [3.8, 4) is 28.3 Å². The van der Waals surface area contributed by atoms with Gasteiger partial charge in [0.15, 0.2) is 0 Å². The number of para-hydroxylation sites is 2. The summed E-state index contributed by atoms with van der Waals surface area (Å²) in [5, 5.41) is 13.2. The number of hydrogen-bond acceptors (Lipinski definition) is 2. The third kappa shape index (κ3) is 3.92. The molecule has 0 atom stereocenters. The van der Waals surface area contributed by atoms with Gasteiger partial charge in [0.1, 0.15) is 0 Å². The van der Waals surface area contributed by atoms with E-state index in [0.29, 0.717) is 5.95 Å². The number of rotatable bonds is 3. The summed E-state index contributed by atoms with van der Waals surface area (Å²) in [6.45, 7) is 0. The Morgan fingerprint density at radius 1 is 0.339 bits per heavy atom. The van der Waals surface area contributed by atoms with Crippen molar-refractivity contribution >= 4 is 92.3 Å². The fourth-order valence-corrected chi connectivity index (χ4v) is 9.64. The summed E-state index contributed by atoms with van der Waals surface area (Å²) in [5.74, 6) is 0.658. The van der Waals surface area contributed by atoms with Crippen LogP contribution in [0.3, 0.4) is 0 Å². The van der Waals surface area contributed by atoms with Gasteiger partial charge >= 0.3 is 0 Å². The largest absolute Gasteiger partial charge is 0.308 e. The van der Waals surface area contributed by atoms with Gasteiger partial charge in [-0.25, -0.2) is 9.97 Å². The van der Waals surface area contributed by atoms with Gasteiger partial charge in [0, 0.05) is 48.7 Å². The van der Waals surface area contributed by atoms with Gasteiger partial charge in [-0.1, -0.05) is 152 Å². The summed E-state index contributed by atoms with van der Waals surface area (Å²) in [7, 11) is 0. The second kappa shape index (κ2) is 11.0. The van der Waals surface area contributed by atoms with Crippen LogP contribution in [0, 0.1) is 0 Å². The molecule has 0 fully saturated rings. The van der Waals surface area contributed by atoms with Crippen LogP contribution in [0.15, 0.2) is 182 Å². The number of nitrogens with zero attached hydrogens (tertiary/aromatic N) is 4. The highest BCUT2D eigenvalue weighted by molar-refractivity contribution is 6.36. The normalized spacial score (nSPS) is 12.3. The minimum Gasteiger partial charge on any atom is -0.308 e.